The van der Waals surface area contributed by atoms with E-state index in [9.17, 15) is 8.78 Å². The molecule has 0 radical (unpaired) electrons. The van der Waals surface area contributed by atoms with Crippen LogP contribution in [0.1, 0.15) is 11.1 Å². The minimum Gasteiger partial charge on any atom is -0.488 e. The molecule has 0 aliphatic heterocycles. The molecule has 2 rings (SSSR count). The lowest BCUT2D eigenvalue weighted by molar-refractivity contribution is 0.304. The van der Waals surface area contributed by atoms with Crippen molar-refractivity contribution in [2.75, 3.05) is 5.88 Å². The van der Waals surface area contributed by atoms with Gasteiger partial charge in [-0.05, 0) is 35.9 Å². The monoisotopic (exact) mass is 326 g/mol. The highest BCUT2D eigenvalue weighted by Gasteiger charge is 2.06. The third kappa shape index (κ3) is 4.35. The van der Waals surface area contributed by atoms with Gasteiger partial charge in [0.1, 0.15) is 24.0 Å². The predicted molar refractivity (Wildman–Crippen MR) is 79.7 cm³/mol. The van der Waals surface area contributed by atoms with Crippen LogP contribution in [0.25, 0.3) is 0 Å². The standard InChI is InChI=1S/C16H10Cl2F2O/c17-7-1-2-12-9-13(19)4-6-16(12)21-10-11-3-5-15(20)14(18)8-11/h3-6,8-9H,7,10H2. The summed E-state index contributed by atoms with van der Waals surface area (Å²) in [7, 11) is 0. The first kappa shape index (κ1) is 15.6. The molecule has 0 N–H and O–H groups in total. The van der Waals surface area contributed by atoms with Crippen molar-refractivity contribution in [2.24, 2.45) is 0 Å². The zero-order valence-electron chi connectivity index (χ0n) is 10.8. The average Bonchev–Trinajstić information content (AvgIpc) is 2.47. The third-order valence-corrected chi connectivity index (χ3v) is 3.03. The second kappa shape index (κ2) is 7.31. The molecule has 0 heterocycles. The first-order chi connectivity index (χ1) is 10.1. The van der Waals surface area contributed by atoms with Gasteiger partial charge in [-0.15, -0.1) is 11.6 Å². The van der Waals surface area contributed by atoms with E-state index in [1.165, 1.54) is 30.3 Å². The summed E-state index contributed by atoms with van der Waals surface area (Å²) in [6.45, 7) is 0.168. The Balaban J connectivity index is 2.17. The summed E-state index contributed by atoms with van der Waals surface area (Å²) < 4.78 is 31.9. The minimum atomic E-state index is -0.490. The van der Waals surface area contributed by atoms with Crippen LogP contribution in [0.3, 0.4) is 0 Å². The highest BCUT2D eigenvalue weighted by Crippen LogP contribution is 2.22. The van der Waals surface area contributed by atoms with E-state index in [0.717, 1.165) is 0 Å². The van der Waals surface area contributed by atoms with E-state index < -0.39 is 11.6 Å². The lowest BCUT2D eigenvalue weighted by Gasteiger charge is -2.09. The van der Waals surface area contributed by atoms with Crippen molar-refractivity contribution in [1.82, 2.24) is 0 Å². The quantitative estimate of drug-likeness (QED) is 0.582. The molecule has 0 fully saturated rings. The number of hydrogen-bond donors (Lipinski definition) is 0. The Morgan fingerprint density at radius 1 is 1.10 bits per heavy atom. The maximum atomic E-state index is 13.2. The molecule has 21 heavy (non-hydrogen) atoms. The molecule has 0 spiro atoms. The maximum Gasteiger partial charge on any atom is 0.141 e. The average molecular weight is 327 g/mol. The maximum absolute atomic E-state index is 13.2. The van der Waals surface area contributed by atoms with Crippen LogP contribution in [0.4, 0.5) is 8.78 Å². The lowest BCUT2D eigenvalue weighted by Crippen LogP contribution is -1.98. The van der Waals surface area contributed by atoms with E-state index in [2.05, 4.69) is 11.8 Å². The van der Waals surface area contributed by atoms with Crippen LogP contribution in [0.5, 0.6) is 5.75 Å². The van der Waals surface area contributed by atoms with Gasteiger partial charge in [0.05, 0.1) is 16.5 Å². The van der Waals surface area contributed by atoms with Gasteiger partial charge in [-0.3, -0.25) is 0 Å². The van der Waals surface area contributed by atoms with Crippen molar-refractivity contribution in [1.29, 1.82) is 0 Å². The lowest BCUT2D eigenvalue weighted by atomic mass is 10.2. The Labute approximate surface area is 131 Å². The number of rotatable bonds is 3. The summed E-state index contributed by atoms with van der Waals surface area (Å²) in [5.74, 6) is 5.04. The van der Waals surface area contributed by atoms with Crippen LogP contribution in [0, 0.1) is 23.5 Å². The molecule has 0 amide bonds. The van der Waals surface area contributed by atoms with Gasteiger partial charge < -0.3 is 4.74 Å². The van der Waals surface area contributed by atoms with Crippen LogP contribution in [-0.2, 0) is 6.61 Å². The largest absolute Gasteiger partial charge is 0.488 e. The SMILES string of the molecule is Fc1ccc(OCc2ccc(F)c(Cl)c2)c(C#CCCl)c1. The fraction of sp³-hybridized carbons (Fsp3) is 0.125. The first-order valence-electron chi connectivity index (χ1n) is 6.01. The Morgan fingerprint density at radius 2 is 1.90 bits per heavy atom. The van der Waals surface area contributed by atoms with Gasteiger partial charge >= 0.3 is 0 Å². The molecule has 0 aromatic heterocycles. The smallest absolute Gasteiger partial charge is 0.141 e. The van der Waals surface area contributed by atoms with Crippen molar-refractivity contribution < 1.29 is 13.5 Å². The Morgan fingerprint density at radius 3 is 2.62 bits per heavy atom. The summed E-state index contributed by atoms with van der Waals surface area (Å²) >= 11 is 11.2. The molecule has 0 unspecified atom stereocenters. The van der Waals surface area contributed by atoms with Crippen LogP contribution in [0.2, 0.25) is 5.02 Å². The highest BCUT2D eigenvalue weighted by molar-refractivity contribution is 6.30. The second-order valence-electron chi connectivity index (χ2n) is 4.11. The Kier molecular flexibility index (Phi) is 5.44. The van der Waals surface area contributed by atoms with E-state index in [1.807, 2.05) is 0 Å². The molecule has 0 saturated heterocycles. The summed E-state index contributed by atoms with van der Waals surface area (Å²) in [4.78, 5) is 0. The van der Waals surface area contributed by atoms with Crippen LogP contribution in [0.15, 0.2) is 36.4 Å². The van der Waals surface area contributed by atoms with Gasteiger partial charge in [-0.1, -0.05) is 29.5 Å². The fourth-order valence-electron chi connectivity index (χ4n) is 1.64. The number of halogens is 4. The minimum absolute atomic E-state index is 0.0253. The molecule has 0 saturated carbocycles. The Hall–Kier alpha value is -1.76. The van der Waals surface area contributed by atoms with Crippen molar-refractivity contribution in [3.63, 3.8) is 0 Å². The first-order valence-corrected chi connectivity index (χ1v) is 6.92. The topological polar surface area (TPSA) is 9.23 Å². The molecule has 1 nitrogen and oxygen atoms in total. The molecule has 2 aromatic carbocycles. The van der Waals surface area contributed by atoms with Crippen LogP contribution >= 0.6 is 23.2 Å². The molecular weight excluding hydrogens is 317 g/mol. The van der Waals surface area contributed by atoms with Gasteiger partial charge in [0.2, 0.25) is 0 Å². The number of ether oxygens (including phenoxy) is 1. The van der Waals surface area contributed by atoms with E-state index in [4.69, 9.17) is 27.9 Å². The molecule has 108 valence electrons. The van der Waals surface area contributed by atoms with E-state index >= 15 is 0 Å². The van der Waals surface area contributed by atoms with Gasteiger partial charge in [0.25, 0.3) is 0 Å². The summed E-state index contributed by atoms with van der Waals surface area (Å²) in [6, 6.07) is 8.34. The molecule has 0 aliphatic carbocycles. The molecule has 0 atom stereocenters. The van der Waals surface area contributed by atoms with Crippen molar-refractivity contribution >= 4 is 23.2 Å². The number of hydrogen-bond acceptors (Lipinski definition) is 1. The Bertz CT molecular complexity index is 705. The summed E-state index contributed by atoms with van der Waals surface area (Å²) in [6.07, 6.45) is 0. The van der Waals surface area contributed by atoms with Gasteiger partial charge in [-0.25, -0.2) is 8.78 Å². The third-order valence-electron chi connectivity index (χ3n) is 2.61. The molecule has 5 heteroatoms. The second-order valence-corrected chi connectivity index (χ2v) is 4.79. The normalized spacial score (nSPS) is 9.90. The van der Waals surface area contributed by atoms with Gasteiger partial charge in [-0.2, -0.15) is 0 Å². The predicted octanol–water partition coefficient (Wildman–Crippen LogP) is 4.79. The van der Waals surface area contributed by atoms with Crippen molar-refractivity contribution in [3.8, 4) is 17.6 Å². The van der Waals surface area contributed by atoms with E-state index in [-0.39, 0.29) is 17.5 Å². The fourth-order valence-corrected chi connectivity index (χ4v) is 1.91. The van der Waals surface area contributed by atoms with E-state index in [0.29, 0.717) is 16.9 Å². The van der Waals surface area contributed by atoms with Gasteiger partial charge in [0, 0.05) is 0 Å². The number of alkyl halides is 1. The van der Waals surface area contributed by atoms with Crippen LogP contribution in [-0.4, -0.2) is 5.88 Å². The molecule has 2 aromatic rings. The zero-order valence-corrected chi connectivity index (χ0v) is 12.3. The van der Waals surface area contributed by atoms with Crippen LogP contribution < -0.4 is 4.74 Å². The van der Waals surface area contributed by atoms with Crippen molar-refractivity contribution in [3.05, 3.63) is 64.2 Å². The van der Waals surface area contributed by atoms with E-state index in [1.54, 1.807) is 6.07 Å². The summed E-state index contributed by atoms with van der Waals surface area (Å²) in [5, 5.41) is 0.0253. The molecule has 0 bridgehead atoms. The van der Waals surface area contributed by atoms with Gasteiger partial charge in [0.15, 0.2) is 0 Å². The summed E-state index contributed by atoms with van der Waals surface area (Å²) in [5.41, 5.74) is 1.10. The molecular formula is C16H10Cl2F2O. The van der Waals surface area contributed by atoms with Crippen molar-refractivity contribution in [2.45, 2.75) is 6.61 Å². The highest BCUT2D eigenvalue weighted by atomic mass is 35.5. The zero-order chi connectivity index (χ0) is 15.2. The number of benzene rings is 2. The molecule has 0 aliphatic rings.